The van der Waals surface area contributed by atoms with Crippen molar-refractivity contribution in [1.29, 1.82) is 0 Å². The number of nitrogen functional groups attached to an aromatic ring is 1. The fraction of sp³-hybridized carbons (Fsp3) is 0.182. The van der Waals surface area contributed by atoms with Gasteiger partial charge in [0.25, 0.3) is 0 Å². The second-order valence-corrected chi connectivity index (χ2v) is 5.24. The minimum atomic E-state index is -0.589. The molecule has 0 aliphatic heterocycles. The first-order valence-electron chi connectivity index (χ1n) is 5.52. The zero-order valence-electron chi connectivity index (χ0n) is 10.4. The highest BCUT2D eigenvalue weighted by Gasteiger charge is 2.11. The lowest BCUT2D eigenvalue weighted by Gasteiger charge is -2.06. The molecule has 2 aromatic rings. The molecule has 0 radical (unpaired) electrons. The lowest BCUT2D eigenvalue weighted by Crippen LogP contribution is -2.17. The van der Waals surface area contributed by atoms with Crippen LogP contribution in [0.25, 0.3) is 0 Å². The maximum atomic E-state index is 13.5. The minimum absolute atomic E-state index is 0.0391. The van der Waals surface area contributed by atoms with Gasteiger partial charge in [0.2, 0.25) is 11.1 Å². The number of nitrogens with zero attached hydrogens (tertiary/aromatic N) is 3. The fourth-order valence-corrected chi connectivity index (χ4v) is 2.22. The topological polar surface area (TPSA) is 85.8 Å². The summed E-state index contributed by atoms with van der Waals surface area (Å²) in [4.78, 5) is 11.7. The number of nitrogens with one attached hydrogen (secondary N) is 1. The molecule has 0 fully saturated rings. The normalized spacial score (nSPS) is 10.6. The van der Waals surface area contributed by atoms with Crippen LogP contribution in [-0.4, -0.2) is 26.5 Å². The van der Waals surface area contributed by atoms with Gasteiger partial charge in [-0.15, -0.1) is 10.2 Å². The Labute approximate surface area is 123 Å². The molecule has 0 saturated heterocycles. The predicted molar refractivity (Wildman–Crippen MR) is 75.7 cm³/mol. The summed E-state index contributed by atoms with van der Waals surface area (Å²) in [6, 6.07) is 4.02. The van der Waals surface area contributed by atoms with Crippen LogP contribution >= 0.6 is 23.4 Å². The molecule has 1 aromatic carbocycles. The van der Waals surface area contributed by atoms with E-state index < -0.39 is 5.82 Å². The minimum Gasteiger partial charge on any atom is -0.336 e. The number of anilines is 1. The van der Waals surface area contributed by atoms with Crippen LogP contribution < -0.4 is 11.2 Å². The number of rotatable bonds is 4. The molecule has 0 unspecified atom stereocenters. The smallest absolute Gasteiger partial charge is 0.234 e. The van der Waals surface area contributed by atoms with Crippen molar-refractivity contribution >= 4 is 35.0 Å². The van der Waals surface area contributed by atoms with Crippen LogP contribution in [0.2, 0.25) is 5.02 Å². The highest BCUT2D eigenvalue weighted by molar-refractivity contribution is 7.99. The summed E-state index contributed by atoms with van der Waals surface area (Å²) in [7, 11) is 0. The Kier molecular flexibility index (Phi) is 4.46. The summed E-state index contributed by atoms with van der Waals surface area (Å²) in [5.74, 6) is 5.26. The molecule has 1 amide bonds. The summed E-state index contributed by atoms with van der Waals surface area (Å²) >= 11 is 6.73. The van der Waals surface area contributed by atoms with Gasteiger partial charge < -0.3 is 11.2 Å². The van der Waals surface area contributed by atoms with Crippen LogP contribution in [0.5, 0.6) is 0 Å². The van der Waals surface area contributed by atoms with Crippen molar-refractivity contribution in [3.8, 4) is 0 Å². The van der Waals surface area contributed by atoms with Gasteiger partial charge in [-0.05, 0) is 25.1 Å². The maximum Gasteiger partial charge on any atom is 0.234 e. The van der Waals surface area contributed by atoms with Crippen LogP contribution in [-0.2, 0) is 4.79 Å². The third kappa shape index (κ3) is 3.40. The van der Waals surface area contributed by atoms with Gasteiger partial charge in [-0.1, -0.05) is 23.4 Å². The van der Waals surface area contributed by atoms with Crippen LogP contribution in [0.3, 0.4) is 0 Å². The summed E-state index contributed by atoms with van der Waals surface area (Å²) in [5.41, 5.74) is 0.0744. The number of hydrogen-bond donors (Lipinski definition) is 2. The van der Waals surface area contributed by atoms with E-state index in [0.29, 0.717) is 11.0 Å². The predicted octanol–water partition coefficient (Wildman–Crippen LogP) is 1.82. The number of carbonyl (C=O) groups is 1. The number of aryl methyl sites for hydroxylation is 1. The number of aromatic nitrogens is 3. The van der Waals surface area contributed by atoms with Crippen molar-refractivity contribution in [2.45, 2.75) is 12.1 Å². The van der Waals surface area contributed by atoms with Crippen molar-refractivity contribution in [2.75, 3.05) is 16.9 Å². The monoisotopic (exact) mass is 315 g/mol. The summed E-state index contributed by atoms with van der Waals surface area (Å²) in [6.07, 6.45) is 0. The molecule has 0 saturated carbocycles. The molecule has 106 valence electrons. The van der Waals surface area contributed by atoms with E-state index in [1.807, 2.05) is 0 Å². The Bertz CT molecular complexity index is 648. The van der Waals surface area contributed by atoms with Crippen LogP contribution in [0, 0.1) is 12.7 Å². The molecule has 1 aromatic heterocycles. The standard InChI is InChI=1S/C11H11ClFN5OS/c1-6-16-17-11(18(6)14)20-5-10(19)15-9-3-2-7(12)4-8(9)13/h2-4H,5,14H2,1H3,(H,15,19). The first-order valence-corrected chi connectivity index (χ1v) is 6.88. The van der Waals surface area contributed by atoms with Gasteiger partial charge in [0.1, 0.15) is 11.6 Å². The highest BCUT2D eigenvalue weighted by atomic mass is 35.5. The van der Waals surface area contributed by atoms with Gasteiger partial charge in [-0.2, -0.15) is 0 Å². The third-order valence-corrected chi connectivity index (χ3v) is 3.55. The maximum absolute atomic E-state index is 13.5. The summed E-state index contributed by atoms with van der Waals surface area (Å²) < 4.78 is 14.8. The van der Waals surface area contributed by atoms with E-state index in [4.69, 9.17) is 17.4 Å². The Morgan fingerprint density at radius 2 is 2.30 bits per heavy atom. The highest BCUT2D eigenvalue weighted by Crippen LogP contribution is 2.20. The number of carbonyl (C=O) groups excluding carboxylic acids is 1. The number of benzene rings is 1. The molecular weight excluding hydrogens is 305 g/mol. The Balaban J connectivity index is 1.94. The van der Waals surface area contributed by atoms with Crippen LogP contribution in [0.15, 0.2) is 23.4 Å². The number of hydrogen-bond acceptors (Lipinski definition) is 5. The quantitative estimate of drug-likeness (QED) is 0.664. The van der Waals surface area contributed by atoms with E-state index in [1.165, 1.54) is 16.8 Å². The molecule has 2 rings (SSSR count). The van der Waals surface area contributed by atoms with Crippen molar-refractivity contribution in [1.82, 2.24) is 14.9 Å². The van der Waals surface area contributed by atoms with Crippen molar-refractivity contribution in [3.63, 3.8) is 0 Å². The number of nitrogens with two attached hydrogens (primary N) is 1. The third-order valence-electron chi connectivity index (χ3n) is 2.37. The van der Waals surface area contributed by atoms with Gasteiger partial charge in [0.05, 0.1) is 11.4 Å². The number of thioether (sulfide) groups is 1. The molecule has 20 heavy (non-hydrogen) atoms. The Morgan fingerprint density at radius 1 is 1.55 bits per heavy atom. The summed E-state index contributed by atoms with van der Waals surface area (Å²) in [6.45, 7) is 1.69. The van der Waals surface area contributed by atoms with E-state index in [-0.39, 0.29) is 22.4 Å². The van der Waals surface area contributed by atoms with Gasteiger partial charge in [-0.25, -0.2) is 9.07 Å². The SMILES string of the molecule is Cc1nnc(SCC(=O)Nc2ccc(Cl)cc2F)n1N. The second kappa shape index (κ2) is 6.10. The van der Waals surface area contributed by atoms with E-state index in [9.17, 15) is 9.18 Å². The van der Waals surface area contributed by atoms with Crippen molar-refractivity contribution in [2.24, 2.45) is 0 Å². The Hall–Kier alpha value is -1.80. The van der Waals surface area contributed by atoms with Gasteiger partial charge in [-0.3, -0.25) is 4.79 Å². The molecule has 6 nitrogen and oxygen atoms in total. The largest absolute Gasteiger partial charge is 0.336 e. The molecule has 0 atom stereocenters. The van der Waals surface area contributed by atoms with Crippen molar-refractivity contribution < 1.29 is 9.18 Å². The second-order valence-electron chi connectivity index (χ2n) is 3.86. The van der Waals surface area contributed by atoms with Gasteiger partial charge in [0.15, 0.2) is 0 Å². The zero-order chi connectivity index (χ0) is 14.7. The average Bonchev–Trinajstić information content (AvgIpc) is 2.71. The van der Waals surface area contributed by atoms with E-state index >= 15 is 0 Å². The molecule has 0 aliphatic carbocycles. The van der Waals surface area contributed by atoms with Crippen LogP contribution in [0.1, 0.15) is 5.82 Å². The lowest BCUT2D eigenvalue weighted by atomic mass is 10.3. The lowest BCUT2D eigenvalue weighted by molar-refractivity contribution is -0.113. The van der Waals surface area contributed by atoms with Gasteiger partial charge >= 0.3 is 0 Å². The molecule has 3 N–H and O–H groups in total. The number of amides is 1. The molecule has 0 bridgehead atoms. The molecule has 9 heteroatoms. The molecular formula is C11H11ClFN5OS. The van der Waals surface area contributed by atoms with Crippen LogP contribution in [0.4, 0.5) is 10.1 Å². The first kappa shape index (κ1) is 14.6. The zero-order valence-corrected chi connectivity index (χ0v) is 12.0. The summed E-state index contributed by atoms with van der Waals surface area (Å²) in [5, 5.41) is 10.7. The van der Waals surface area contributed by atoms with E-state index in [0.717, 1.165) is 17.8 Å². The Morgan fingerprint density at radius 3 is 2.90 bits per heavy atom. The van der Waals surface area contributed by atoms with E-state index in [1.54, 1.807) is 6.92 Å². The number of halogens is 2. The van der Waals surface area contributed by atoms with E-state index in [2.05, 4.69) is 15.5 Å². The average molecular weight is 316 g/mol. The molecule has 1 heterocycles. The van der Waals surface area contributed by atoms with Crippen molar-refractivity contribution in [3.05, 3.63) is 34.9 Å². The molecule has 0 spiro atoms. The fourth-order valence-electron chi connectivity index (χ4n) is 1.36. The molecule has 0 aliphatic rings. The first-order chi connectivity index (χ1) is 9.47. The van der Waals surface area contributed by atoms with Gasteiger partial charge in [0, 0.05) is 5.02 Å².